The van der Waals surface area contributed by atoms with Gasteiger partial charge in [0.2, 0.25) is 0 Å². The van der Waals surface area contributed by atoms with Gasteiger partial charge in [-0.25, -0.2) is 0 Å². The van der Waals surface area contributed by atoms with E-state index in [1.807, 2.05) is 0 Å². The fourth-order valence-electron chi connectivity index (χ4n) is 1.23. The Kier molecular flexibility index (Phi) is 8.54. The van der Waals surface area contributed by atoms with E-state index >= 15 is 0 Å². The lowest BCUT2D eigenvalue weighted by Crippen LogP contribution is -2.08. The van der Waals surface area contributed by atoms with Crippen LogP contribution in [-0.4, -0.2) is 19.0 Å². The van der Waals surface area contributed by atoms with Crippen LogP contribution in [0.3, 0.4) is 0 Å². The standard InChI is InChI=1S/C12H22O2/c1-11(2)7-6-8-12(3)14-10-5-4-9-13/h4-5,9,11-12H,6-8,10H2,1-3H3. The first kappa shape index (κ1) is 13.4. The van der Waals surface area contributed by atoms with Crippen molar-refractivity contribution in [3.8, 4) is 0 Å². The van der Waals surface area contributed by atoms with Crippen molar-refractivity contribution in [2.45, 2.75) is 46.1 Å². The summed E-state index contributed by atoms with van der Waals surface area (Å²) >= 11 is 0. The monoisotopic (exact) mass is 198 g/mol. The molecule has 1 atom stereocenters. The summed E-state index contributed by atoms with van der Waals surface area (Å²) in [5.74, 6) is 0.775. The van der Waals surface area contributed by atoms with E-state index in [9.17, 15) is 4.79 Å². The first-order valence-electron chi connectivity index (χ1n) is 5.38. The molecule has 2 nitrogen and oxygen atoms in total. The predicted octanol–water partition coefficient (Wildman–Crippen LogP) is 2.97. The van der Waals surface area contributed by atoms with E-state index in [0.717, 1.165) is 18.6 Å². The summed E-state index contributed by atoms with van der Waals surface area (Å²) in [6, 6.07) is 0. The average Bonchev–Trinajstić information content (AvgIpc) is 2.12. The van der Waals surface area contributed by atoms with E-state index in [4.69, 9.17) is 4.74 Å². The highest BCUT2D eigenvalue weighted by Crippen LogP contribution is 2.09. The summed E-state index contributed by atoms with van der Waals surface area (Å²) < 4.78 is 5.48. The van der Waals surface area contributed by atoms with Crippen LogP contribution < -0.4 is 0 Å². The van der Waals surface area contributed by atoms with Gasteiger partial charge in [0, 0.05) is 0 Å². The van der Waals surface area contributed by atoms with Crippen LogP contribution in [0, 0.1) is 5.92 Å². The zero-order valence-corrected chi connectivity index (χ0v) is 9.53. The van der Waals surface area contributed by atoms with E-state index in [1.165, 1.54) is 18.9 Å². The zero-order valence-electron chi connectivity index (χ0n) is 9.53. The van der Waals surface area contributed by atoms with Crippen LogP contribution >= 0.6 is 0 Å². The van der Waals surface area contributed by atoms with Gasteiger partial charge in [0.15, 0.2) is 0 Å². The van der Waals surface area contributed by atoms with Gasteiger partial charge in [0.1, 0.15) is 6.29 Å². The minimum Gasteiger partial charge on any atom is -0.374 e. The maximum Gasteiger partial charge on any atom is 0.142 e. The fourth-order valence-corrected chi connectivity index (χ4v) is 1.23. The molecular formula is C12H22O2. The first-order valence-corrected chi connectivity index (χ1v) is 5.38. The van der Waals surface area contributed by atoms with Gasteiger partial charge in [-0.3, -0.25) is 4.79 Å². The number of hydrogen-bond donors (Lipinski definition) is 0. The van der Waals surface area contributed by atoms with E-state index in [2.05, 4.69) is 20.8 Å². The average molecular weight is 198 g/mol. The second-order valence-electron chi connectivity index (χ2n) is 4.03. The Balaban J connectivity index is 3.31. The number of allylic oxidation sites excluding steroid dienone is 1. The third kappa shape index (κ3) is 9.46. The minimum atomic E-state index is 0.296. The molecule has 0 saturated carbocycles. The maximum atomic E-state index is 9.95. The summed E-state index contributed by atoms with van der Waals surface area (Å²) in [6.07, 6.45) is 7.87. The van der Waals surface area contributed by atoms with Gasteiger partial charge >= 0.3 is 0 Å². The fraction of sp³-hybridized carbons (Fsp3) is 0.750. The number of ether oxygens (including phenoxy) is 1. The molecule has 0 aliphatic carbocycles. The summed E-state index contributed by atoms with van der Waals surface area (Å²) in [4.78, 5) is 9.95. The smallest absolute Gasteiger partial charge is 0.142 e. The molecule has 0 bridgehead atoms. The second-order valence-corrected chi connectivity index (χ2v) is 4.03. The molecule has 0 aromatic rings. The summed E-state index contributed by atoms with van der Waals surface area (Å²) in [7, 11) is 0. The van der Waals surface area contributed by atoms with Crippen LogP contribution in [0.2, 0.25) is 0 Å². The Morgan fingerprint density at radius 1 is 1.21 bits per heavy atom. The van der Waals surface area contributed by atoms with Crippen LogP contribution in [0.4, 0.5) is 0 Å². The molecule has 82 valence electrons. The van der Waals surface area contributed by atoms with Crippen molar-refractivity contribution in [1.29, 1.82) is 0 Å². The molecule has 14 heavy (non-hydrogen) atoms. The Hall–Kier alpha value is -0.630. The van der Waals surface area contributed by atoms with E-state index in [0.29, 0.717) is 12.7 Å². The zero-order chi connectivity index (χ0) is 10.8. The molecule has 2 heteroatoms. The normalized spacial score (nSPS) is 13.7. The Morgan fingerprint density at radius 3 is 2.50 bits per heavy atom. The molecule has 0 aromatic carbocycles. The van der Waals surface area contributed by atoms with Gasteiger partial charge in [-0.15, -0.1) is 0 Å². The molecule has 0 heterocycles. The molecule has 0 radical (unpaired) electrons. The molecule has 0 N–H and O–H groups in total. The third-order valence-corrected chi connectivity index (χ3v) is 2.08. The highest BCUT2D eigenvalue weighted by Gasteiger charge is 2.01. The molecule has 0 aliphatic heterocycles. The molecule has 0 fully saturated rings. The summed E-state index contributed by atoms with van der Waals surface area (Å²) in [5.41, 5.74) is 0. The minimum absolute atomic E-state index is 0.296. The van der Waals surface area contributed by atoms with E-state index in [-0.39, 0.29) is 0 Å². The van der Waals surface area contributed by atoms with Gasteiger partial charge in [-0.05, 0) is 25.3 Å². The number of carbonyl (C=O) groups excluding carboxylic acids is 1. The van der Waals surface area contributed by atoms with Gasteiger partial charge < -0.3 is 4.74 Å². The second kappa shape index (κ2) is 8.95. The van der Waals surface area contributed by atoms with Gasteiger partial charge in [-0.1, -0.05) is 32.8 Å². The van der Waals surface area contributed by atoms with Gasteiger partial charge in [-0.2, -0.15) is 0 Å². The van der Waals surface area contributed by atoms with Crippen LogP contribution in [0.25, 0.3) is 0 Å². The van der Waals surface area contributed by atoms with Crippen molar-refractivity contribution in [3.63, 3.8) is 0 Å². The van der Waals surface area contributed by atoms with E-state index < -0.39 is 0 Å². The highest BCUT2D eigenvalue weighted by molar-refractivity contribution is 5.64. The van der Waals surface area contributed by atoms with Crippen molar-refractivity contribution in [3.05, 3.63) is 12.2 Å². The van der Waals surface area contributed by atoms with Crippen LogP contribution in [0.15, 0.2) is 12.2 Å². The van der Waals surface area contributed by atoms with Crippen LogP contribution in [-0.2, 0) is 9.53 Å². The van der Waals surface area contributed by atoms with Gasteiger partial charge in [0.25, 0.3) is 0 Å². The van der Waals surface area contributed by atoms with Crippen molar-refractivity contribution < 1.29 is 9.53 Å². The Labute approximate surface area is 87.3 Å². The quantitative estimate of drug-likeness (QED) is 0.443. The molecule has 0 spiro atoms. The van der Waals surface area contributed by atoms with Crippen molar-refractivity contribution in [1.82, 2.24) is 0 Å². The van der Waals surface area contributed by atoms with Crippen LogP contribution in [0.5, 0.6) is 0 Å². The lowest BCUT2D eigenvalue weighted by Gasteiger charge is -2.12. The maximum absolute atomic E-state index is 9.95. The Morgan fingerprint density at radius 2 is 1.93 bits per heavy atom. The van der Waals surface area contributed by atoms with Gasteiger partial charge in [0.05, 0.1) is 12.7 Å². The van der Waals surface area contributed by atoms with E-state index in [1.54, 1.807) is 6.08 Å². The lowest BCUT2D eigenvalue weighted by molar-refractivity contribution is -0.104. The third-order valence-electron chi connectivity index (χ3n) is 2.08. The topological polar surface area (TPSA) is 26.3 Å². The number of hydrogen-bond acceptors (Lipinski definition) is 2. The molecule has 1 unspecified atom stereocenters. The van der Waals surface area contributed by atoms with Crippen molar-refractivity contribution >= 4 is 6.29 Å². The highest BCUT2D eigenvalue weighted by atomic mass is 16.5. The molecule has 0 aliphatic rings. The SMILES string of the molecule is CC(C)CCCC(C)OCC=CC=O. The Bertz CT molecular complexity index is 162. The largest absolute Gasteiger partial charge is 0.374 e. The molecule has 0 aromatic heterocycles. The molecular weight excluding hydrogens is 176 g/mol. The predicted molar refractivity (Wildman–Crippen MR) is 59.3 cm³/mol. The first-order chi connectivity index (χ1) is 6.66. The number of rotatable bonds is 8. The number of aldehydes is 1. The van der Waals surface area contributed by atoms with Crippen molar-refractivity contribution in [2.75, 3.05) is 6.61 Å². The molecule has 0 amide bonds. The van der Waals surface area contributed by atoms with Crippen molar-refractivity contribution in [2.24, 2.45) is 5.92 Å². The number of carbonyl (C=O) groups is 1. The summed E-state index contributed by atoms with van der Waals surface area (Å²) in [6.45, 7) is 7.09. The molecule has 0 rings (SSSR count). The van der Waals surface area contributed by atoms with Crippen LogP contribution in [0.1, 0.15) is 40.0 Å². The lowest BCUT2D eigenvalue weighted by atomic mass is 10.0. The molecule has 0 saturated heterocycles. The summed E-state index contributed by atoms with van der Waals surface area (Å²) in [5, 5.41) is 0.